The van der Waals surface area contributed by atoms with Crippen LogP contribution in [0.1, 0.15) is 49.3 Å². The minimum absolute atomic E-state index is 0.140. The summed E-state index contributed by atoms with van der Waals surface area (Å²) in [6, 6.07) is 12.0. The quantitative estimate of drug-likeness (QED) is 0.885. The number of thiazole rings is 1. The van der Waals surface area contributed by atoms with Crippen LogP contribution in [0.5, 0.6) is 0 Å². The Balaban J connectivity index is 1.93. The van der Waals surface area contributed by atoms with E-state index in [1.165, 1.54) is 37.0 Å². The molecule has 1 N–H and O–H groups in total. The van der Waals surface area contributed by atoms with Gasteiger partial charge < -0.3 is 5.32 Å². The van der Waals surface area contributed by atoms with Crippen LogP contribution in [0.2, 0.25) is 0 Å². The summed E-state index contributed by atoms with van der Waals surface area (Å²) in [5.74, 6) is 0.231. The third-order valence-electron chi connectivity index (χ3n) is 4.16. The monoisotopic (exact) mass is 325 g/mol. The van der Waals surface area contributed by atoms with Crippen LogP contribution < -0.4 is 5.32 Å². The van der Waals surface area contributed by atoms with Crippen LogP contribution in [-0.4, -0.2) is 10.9 Å². The minimum atomic E-state index is -0.295. The number of hydrogen-bond acceptors (Lipinski definition) is 4. The van der Waals surface area contributed by atoms with Gasteiger partial charge in [0.05, 0.1) is 11.8 Å². The van der Waals surface area contributed by atoms with Gasteiger partial charge in [0.15, 0.2) is 5.13 Å². The normalized spacial score (nSPS) is 15.1. The van der Waals surface area contributed by atoms with Crippen molar-refractivity contribution in [3.05, 3.63) is 35.2 Å². The van der Waals surface area contributed by atoms with Crippen LogP contribution in [0.25, 0.3) is 11.3 Å². The molecule has 0 spiro atoms. The van der Waals surface area contributed by atoms with E-state index >= 15 is 0 Å². The van der Waals surface area contributed by atoms with E-state index in [0.717, 1.165) is 11.3 Å². The van der Waals surface area contributed by atoms with Crippen LogP contribution in [0.15, 0.2) is 30.3 Å². The Bertz CT molecular complexity index is 712. The number of nitrogens with one attached hydrogen (secondary N) is 1. The molecule has 1 amide bonds. The first kappa shape index (κ1) is 15.7. The maximum absolute atomic E-state index is 11.7. The molecule has 1 aromatic carbocycles. The maximum atomic E-state index is 11.7. The van der Waals surface area contributed by atoms with E-state index in [2.05, 4.69) is 22.4 Å². The van der Waals surface area contributed by atoms with Gasteiger partial charge in [-0.2, -0.15) is 5.26 Å². The Kier molecular flexibility index (Phi) is 5.04. The molecule has 1 aliphatic rings. The van der Waals surface area contributed by atoms with E-state index in [-0.39, 0.29) is 12.3 Å². The number of benzene rings is 1. The lowest BCUT2D eigenvalue weighted by molar-refractivity contribution is -0.115. The highest BCUT2D eigenvalue weighted by Gasteiger charge is 2.23. The van der Waals surface area contributed by atoms with Crippen molar-refractivity contribution in [2.45, 2.75) is 44.4 Å². The molecule has 0 radical (unpaired) electrons. The lowest BCUT2D eigenvalue weighted by atomic mass is 9.87. The number of carbonyl (C=O) groups is 1. The summed E-state index contributed by atoms with van der Waals surface area (Å²) < 4.78 is 0. The van der Waals surface area contributed by atoms with Gasteiger partial charge in [-0.05, 0) is 18.8 Å². The van der Waals surface area contributed by atoms with Gasteiger partial charge >= 0.3 is 0 Å². The lowest BCUT2D eigenvalue weighted by Crippen LogP contribution is -2.09. The summed E-state index contributed by atoms with van der Waals surface area (Å²) in [4.78, 5) is 17.6. The SMILES string of the molecule is N#CCC(=O)Nc1nc(-c2ccccc2)c(C2CCCCC2)s1. The zero-order chi connectivity index (χ0) is 16.1. The van der Waals surface area contributed by atoms with Crippen LogP contribution in [0.3, 0.4) is 0 Å². The Morgan fingerprint density at radius 2 is 2.00 bits per heavy atom. The molecule has 1 aromatic heterocycles. The summed E-state index contributed by atoms with van der Waals surface area (Å²) in [5, 5.41) is 12.0. The van der Waals surface area contributed by atoms with E-state index < -0.39 is 0 Å². The third kappa shape index (κ3) is 3.77. The Labute approximate surface area is 140 Å². The second-order valence-corrected chi connectivity index (χ2v) is 6.85. The Hall–Kier alpha value is -2.19. The highest BCUT2D eigenvalue weighted by Crippen LogP contribution is 2.42. The molecule has 1 heterocycles. The topological polar surface area (TPSA) is 65.8 Å². The Morgan fingerprint density at radius 3 is 2.70 bits per heavy atom. The Morgan fingerprint density at radius 1 is 1.26 bits per heavy atom. The predicted molar refractivity (Wildman–Crippen MR) is 92.2 cm³/mol. The molecule has 23 heavy (non-hydrogen) atoms. The first-order valence-corrected chi connectivity index (χ1v) is 8.82. The highest BCUT2D eigenvalue weighted by molar-refractivity contribution is 7.16. The van der Waals surface area contributed by atoms with E-state index in [1.807, 2.05) is 24.3 Å². The zero-order valence-corrected chi connectivity index (χ0v) is 13.7. The fourth-order valence-corrected chi connectivity index (χ4v) is 4.24. The average Bonchev–Trinajstić information content (AvgIpc) is 3.00. The molecule has 118 valence electrons. The van der Waals surface area contributed by atoms with Gasteiger partial charge in [-0.25, -0.2) is 4.98 Å². The summed E-state index contributed by atoms with van der Waals surface area (Å²) in [6.45, 7) is 0. The number of nitriles is 1. The van der Waals surface area contributed by atoms with Crippen molar-refractivity contribution in [2.24, 2.45) is 0 Å². The molecule has 0 unspecified atom stereocenters. The molecule has 5 heteroatoms. The molecule has 0 saturated heterocycles. The van der Waals surface area contributed by atoms with Gasteiger partial charge in [0.25, 0.3) is 0 Å². The molecular weight excluding hydrogens is 306 g/mol. The number of anilines is 1. The van der Waals surface area contributed by atoms with Crippen molar-refractivity contribution in [2.75, 3.05) is 5.32 Å². The fraction of sp³-hybridized carbons (Fsp3) is 0.389. The smallest absolute Gasteiger partial charge is 0.240 e. The van der Waals surface area contributed by atoms with E-state index in [0.29, 0.717) is 11.0 Å². The molecular formula is C18H19N3OS. The van der Waals surface area contributed by atoms with E-state index in [4.69, 9.17) is 5.26 Å². The van der Waals surface area contributed by atoms with Crippen LogP contribution in [-0.2, 0) is 4.79 Å². The van der Waals surface area contributed by atoms with Crippen molar-refractivity contribution in [3.8, 4) is 17.3 Å². The number of aromatic nitrogens is 1. The average molecular weight is 325 g/mol. The third-order valence-corrected chi connectivity index (χ3v) is 5.30. The minimum Gasteiger partial charge on any atom is -0.301 e. The first-order chi connectivity index (χ1) is 11.3. The number of hydrogen-bond donors (Lipinski definition) is 1. The van der Waals surface area contributed by atoms with Crippen LogP contribution >= 0.6 is 11.3 Å². The van der Waals surface area contributed by atoms with Gasteiger partial charge in [0.2, 0.25) is 5.91 Å². The van der Waals surface area contributed by atoms with Gasteiger partial charge in [-0.15, -0.1) is 11.3 Å². The molecule has 2 aromatic rings. The zero-order valence-electron chi connectivity index (χ0n) is 12.9. The summed E-state index contributed by atoms with van der Waals surface area (Å²) in [6.07, 6.45) is 6.06. The number of carbonyl (C=O) groups excluding carboxylic acids is 1. The van der Waals surface area contributed by atoms with Crippen molar-refractivity contribution in [1.29, 1.82) is 5.26 Å². The van der Waals surface area contributed by atoms with Gasteiger partial charge in [-0.3, -0.25) is 4.79 Å². The standard InChI is InChI=1S/C18H19N3OS/c19-12-11-15(22)20-18-21-16(13-7-3-1-4-8-13)17(23-18)14-9-5-2-6-10-14/h1,3-4,7-8,14H,2,5-6,9-11H2,(H,20,21,22). The predicted octanol–water partition coefficient (Wildman–Crippen LogP) is 4.71. The van der Waals surface area contributed by atoms with Gasteiger partial charge in [0, 0.05) is 10.4 Å². The molecule has 0 bridgehead atoms. The largest absolute Gasteiger partial charge is 0.301 e. The van der Waals surface area contributed by atoms with Crippen molar-refractivity contribution < 1.29 is 4.79 Å². The molecule has 1 aliphatic carbocycles. The number of amides is 1. The molecule has 3 rings (SSSR count). The first-order valence-electron chi connectivity index (χ1n) is 8.01. The van der Waals surface area contributed by atoms with E-state index in [1.54, 1.807) is 11.3 Å². The summed E-state index contributed by atoms with van der Waals surface area (Å²) in [5.41, 5.74) is 2.07. The lowest BCUT2D eigenvalue weighted by Gasteiger charge is -2.21. The van der Waals surface area contributed by atoms with Gasteiger partial charge in [0.1, 0.15) is 6.42 Å². The van der Waals surface area contributed by atoms with Crippen molar-refractivity contribution in [3.63, 3.8) is 0 Å². The number of rotatable bonds is 4. The number of nitrogens with zero attached hydrogens (tertiary/aromatic N) is 2. The molecule has 4 nitrogen and oxygen atoms in total. The van der Waals surface area contributed by atoms with Crippen molar-refractivity contribution in [1.82, 2.24) is 4.98 Å². The molecule has 0 aliphatic heterocycles. The van der Waals surface area contributed by atoms with Crippen LogP contribution in [0.4, 0.5) is 5.13 Å². The maximum Gasteiger partial charge on any atom is 0.240 e. The highest BCUT2D eigenvalue weighted by atomic mass is 32.1. The second-order valence-electron chi connectivity index (χ2n) is 5.82. The van der Waals surface area contributed by atoms with Crippen LogP contribution in [0, 0.1) is 11.3 Å². The summed E-state index contributed by atoms with van der Waals surface area (Å²) >= 11 is 1.56. The molecule has 1 saturated carbocycles. The van der Waals surface area contributed by atoms with E-state index in [9.17, 15) is 4.79 Å². The van der Waals surface area contributed by atoms with Gasteiger partial charge in [-0.1, -0.05) is 49.6 Å². The summed E-state index contributed by atoms with van der Waals surface area (Å²) in [7, 11) is 0. The van der Waals surface area contributed by atoms with Crippen molar-refractivity contribution >= 4 is 22.4 Å². The second kappa shape index (κ2) is 7.38. The fourth-order valence-electron chi connectivity index (χ4n) is 3.06. The molecule has 1 fully saturated rings. The molecule has 0 atom stereocenters.